The van der Waals surface area contributed by atoms with Crippen LogP contribution in [0.4, 0.5) is 5.00 Å². The first-order chi connectivity index (χ1) is 19.8. The maximum absolute atomic E-state index is 12.7. The number of hydrogen-bond donors (Lipinski definition) is 2. The summed E-state index contributed by atoms with van der Waals surface area (Å²) in [4.78, 5) is 51.2. The first kappa shape index (κ1) is 29.8. The highest BCUT2D eigenvalue weighted by Crippen LogP contribution is 2.38. The number of carbonyl (C=O) groups is 4. The summed E-state index contributed by atoms with van der Waals surface area (Å²) in [6.45, 7) is 1.91. The molecule has 41 heavy (non-hydrogen) atoms. The summed E-state index contributed by atoms with van der Waals surface area (Å²) in [5.41, 5.74) is 4.16. The lowest BCUT2D eigenvalue weighted by Gasteiger charge is -2.10. The number of thiophene rings is 1. The first-order valence-electron chi connectivity index (χ1n) is 12.9. The van der Waals surface area contributed by atoms with Gasteiger partial charge in [-0.2, -0.15) is 5.10 Å². The van der Waals surface area contributed by atoms with Crippen molar-refractivity contribution in [3.8, 4) is 11.5 Å². The zero-order valence-corrected chi connectivity index (χ0v) is 24.0. The van der Waals surface area contributed by atoms with Gasteiger partial charge in [0, 0.05) is 9.90 Å². The monoisotopic (exact) mass is 597 g/mol. The van der Waals surface area contributed by atoms with E-state index in [-0.39, 0.29) is 23.7 Å². The van der Waals surface area contributed by atoms with Crippen molar-refractivity contribution in [2.24, 2.45) is 5.10 Å². The van der Waals surface area contributed by atoms with Crippen LogP contribution >= 0.6 is 22.9 Å². The van der Waals surface area contributed by atoms with Crippen LogP contribution in [0.1, 0.15) is 62.9 Å². The molecule has 2 amide bonds. The van der Waals surface area contributed by atoms with Crippen LogP contribution in [-0.4, -0.2) is 43.7 Å². The molecule has 0 saturated carbocycles. The standard InChI is InChI=1S/C29H28ClN3O7S/c1-3-39-29(37)24-20-10-5-4-6-11-23(20)41-27(24)32-25(34)26(35)33-31-16-17-12-13-21(22(14-17)38-2)40-28(36)18-8-7-9-19(30)15-18/h7-9,12-16H,3-6,10-11H2,1-2H3,(H,32,34)(H,33,35). The van der Waals surface area contributed by atoms with Crippen molar-refractivity contribution in [3.05, 3.63) is 74.6 Å². The predicted molar refractivity (Wildman–Crippen MR) is 155 cm³/mol. The van der Waals surface area contributed by atoms with Gasteiger partial charge in [0.25, 0.3) is 0 Å². The lowest BCUT2D eigenvalue weighted by Crippen LogP contribution is -2.32. The molecule has 2 N–H and O–H groups in total. The van der Waals surface area contributed by atoms with Gasteiger partial charge >= 0.3 is 23.8 Å². The summed E-state index contributed by atoms with van der Waals surface area (Å²) in [5.74, 6) is -2.69. The number of hydrogen-bond acceptors (Lipinski definition) is 9. The number of fused-ring (bicyclic) bond motifs is 1. The number of anilines is 1. The van der Waals surface area contributed by atoms with Gasteiger partial charge in [-0.05, 0) is 80.1 Å². The molecule has 0 fully saturated rings. The fourth-order valence-electron chi connectivity index (χ4n) is 4.25. The van der Waals surface area contributed by atoms with Crippen LogP contribution in [-0.2, 0) is 27.2 Å². The van der Waals surface area contributed by atoms with Crippen molar-refractivity contribution in [1.29, 1.82) is 0 Å². The van der Waals surface area contributed by atoms with E-state index in [1.165, 1.54) is 36.8 Å². The molecule has 0 unspecified atom stereocenters. The van der Waals surface area contributed by atoms with E-state index in [1.807, 2.05) is 0 Å². The molecule has 1 heterocycles. The number of nitrogens with one attached hydrogen (secondary N) is 2. The first-order valence-corrected chi connectivity index (χ1v) is 14.1. The Morgan fingerprint density at radius 3 is 2.56 bits per heavy atom. The fourth-order valence-corrected chi connectivity index (χ4v) is 5.71. The Bertz CT molecular complexity index is 1500. The Kier molecular flexibility index (Phi) is 10.1. The largest absolute Gasteiger partial charge is 0.493 e. The maximum Gasteiger partial charge on any atom is 0.343 e. The van der Waals surface area contributed by atoms with Gasteiger partial charge in [-0.3, -0.25) is 9.59 Å². The minimum absolute atomic E-state index is 0.171. The van der Waals surface area contributed by atoms with Gasteiger partial charge in [0.1, 0.15) is 5.00 Å². The second-order valence-corrected chi connectivity index (χ2v) is 10.5. The Balaban J connectivity index is 1.40. The minimum Gasteiger partial charge on any atom is -0.493 e. The van der Waals surface area contributed by atoms with Gasteiger partial charge in [-0.1, -0.05) is 24.1 Å². The molecule has 4 rings (SSSR count). The Morgan fingerprint density at radius 2 is 1.80 bits per heavy atom. The van der Waals surface area contributed by atoms with Crippen molar-refractivity contribution in [1.82, 2.24) is 5.43 Å². The number of esters is 2. The summed E-state index contributed by atoms with van der Waals surface area (Å²) in [6.07, 6.45) is 5.82. The van der Waals surface area contributed by atoms with Crippen LogP contribution in [0.25, 0.3) is 0 Å². The smallest absolute Gasteiger partial charge is 0.343 e. The highest BCUT2D eigenvalue weighted by atomic mass is 35.5. The van der Waals surface area contributed by atoms with E-state index < -0.39 is 23.8 Å². The number of benzene rings is 2. The number of carbonyl (C=O) groups excluding carboxylic acids is 4. The van der Waals surface area contributed by atoms with Crippen molar-refractivity contribution in [2.45, 2.75) is 39.0 Å². The summed E-state index contributed by atoms with van der Waals surface area (Å²) >= 11 is 7.24. The second kappa shape index (κ2) is 13.9. The zero-order valence-electron chi connectivity index (χ0n) is 22.5. The quantitative estimate of drug-likeness (QED) is 0.0915. The van der Waals surface area contributed by atoms with Gasteiger partial charge in [0.15, 0.2) is 11.5 Å². The molecular formula is C29H28ClN3O7S. The average Bonchev–Trinajstić information content (AvgIpc) is 3.13. The SMILES string of the molecule is CCOC(=O)c1c(NC(=O)C(=O)NN=Cc2ccc(OC(=O)c3cccc(Cl)c3)c(OC)c2)sc2c1CCCCC2. The normalized spacial score (nSPS) is 12.7. The number of aryl methyl sites for hydroxylation is 1. The molecule has 0 radical (unpaired) electrons. The molecule has 3 aromatic rings. The lowest BCUT2D eigenvalue weighted by molar-refractivity contribution is -0.136. The molecule has 1 aromatic heterocycles. The lowest BCUT2D eigenvalue weighted by atomic mass is 10.1. The molecular weight excluding hydrogens is 570 g/mol. The van der Waals surface area contributed by atoms with Crippen LogP contribution in [0.3, 0.4) is 0 Å². The van der Waals surface area contributed by atoms with E-state index in [2.05, 4.69) is 15.8 Å². The summed E-state index contributed by atoms with van der Waals surface area (Å²) in [6, 6.07) is 11.0. The molecule has 1 aliphatic rings. The Morgan fingerprint density at radius 1 is 1.00 bits per heavy atom. The third-order valence-corrected chi connectivity index (χ3v) is 7.61. The van der Waals surface area contributed by atoms with E-state index in [0.717, 1.165) is 36.1 Å². The Labute approximate surface area is 245 Å². The van der Waals surface area contributed by atoms with Crippen molar-refractivity contribution in [2.75, 3.05) is 19.0 Å². The summed E-state index contributed by atoms with van der Waals surface area (Å²) in [7, 11) is 1.41. The van der Waals surface area contributed by atoms with E-state index >= 15 is 0 Å². The maximum atomic E-state index is 12.7. The number of nitrogens with zero attached hydrogens (tertiary/aromatic N) is 1. The van der Waals surface area contributed by atoms with Crippen LogP contribution in [0.15, 0.2) is 47.6 Å². The van der Waals surface area contributed by atoms with Crippen molar-refractivity contribution in [3.63, 3.8) is 0 Å². The van der Waals surface area contributed by atoms with E-state index in [9.17, 15) is 19.2 Å². The number of amides is 2. The fraction of sp³-hybridized carbons (Fsp3) is 0.276. The number of ether oxygens (including phenoxy) is 3. The van der Waals surface area contributed by atoms with E-state index in [4.69, 9.17) is 25.8 Å². The molecule has 214 valence electrons. The highest BCUT2D eigenvalue weighted by molar-refractivity contribution is 7.17. The van der Waals surface area contributed by atoms with Gasteiger partial charge in [0.05, 0.1) is 31.1 Å². The molecule has 2 aromatic carbocycles. The average molecular weight is 598 g/mol. The number of rotatable bonds is 8. The van der Waals surface area contributed by atoms with Crippen LogP contribution in [0.5, 0.6) is 11.5 Å². The number of halogens is 1. The third-order valence-electron chi connectivity index (χ3n) is 6.16. The third kappa shape index (κ3) is 7.50. The summed E-state index contributed by atoms with van der Waals surface area (Å²) in [5, 5.41) is 7.09. The molecule has 10 nitrogen and oxygen atoms in total. The van der Waals surface area contributed by atoms with E-state index in [1.54, 1.807) is 37.3 Å². The molecule has 0 spiro atoms. The van der Waals surface area contributed by atoms with Gasteiger partial charge in [0.2, 0.25) is 0 Å². The highest BCUT2D eigenvalue weighted by Gasteiger charge is 2.28. The van der Waals surface area contributed by atoms with E-state index in [0.29, 0.717) is 27.6 Å². The van der Waals surface area contributed by atoms with Crippen molar-refractivity contribution < 1.29 is 33.4 Å². The van der Waals surface area contributed by atoms with Crippen LogP contribution in [0.2, 0.25) is 5.02 Å². The zero-order chi connectivity index (χ0) is 29.4. The number of methoxy groups -OCH3 is 1. The minimum atomic E-state index is -1.02. The molecule has 12 heteroatoms. The molecule has 0 saturated heterocycles. The van der Waals surface area contributed by atoms with Crippen LogP contribution in [0, 0.1) is 0 Å². The molecule has 0 atom stereocenters. The van der Waals surface area contributed by atoms with Gasteiger partial charge < -0.3 is 19.5 Å². The molecule has 1 aliphatic carbocycles. The molecule has 0 bridgehead atoms. The Hall–Kier alpha value is -4.22. The van der Waals surface area contributed by atoms with Crippen LogP contribution < -0.4 is 20.2 Å². The second-order valence-electron chi connectivity index (χ2n) is 8.95. The van der Waals surface area contributed by atoms with Crippen molar-refractivity contribution >= 4 is 57.9 Å². The number of hydrazone groups is 1. The van der Waals surface area contributed by atoms with Gasteiger partial charge in [-0.25, -0.2) is 15.0 Å². The predicted octanol–water partition coefficient (Wildman–Crippen LogP) is 5.16. The summed E-state index contributed by atoms with van der Waals surface area (Å²) < 4.78 is 16.0. The topological polar surface area (TPSA) is 132 Å². The molecule has 0 aliphatic heterocycles. The van der Waals surface area contributed by atoms with Gasteiger partial charge in [-0.15, -0.1) is 11.3 Å².